The number of rotatable bonds is 5. The van der Waals surface area contributed by atoms with Crippen LogP contribution in [0.25, 0.3) is 0 Å². The summed E-state index contributed by atoms with van der Waals surface area (Å²) in [4.78, 5) is 14.1. The molecule has 0 aliphatic carbocycles. The Morgan fingerprint density at radius 2 is 2.32 bits per heavy atom. The fraction of sp³-hybridized carbons (Fsp3) is 0.533. The summed E-state index contributed by atoms with van der Waals surface area (Å²) in [5.74, 6) is 0.172. The van der Waals surface area contributed by atoms with Gasteiger partial charge in [0.25, 0.3) is 0 Å². The number of nitrogens with zero attached hydrogens (tertiary/aromatic N) is 1. The standard InChI is InChI=1S/C15H22N2O2/c1-2-19-10-4-6-15(18)17-9-3-5-12-7-8-13(16)11-14(12)17/h7-8,11H,2-6,9-10,16H2,1H3. The quantitative estimate of drug-likeness (QED) is 0.654. The number of aryl methyl sites for hydroxylation is 1. The molecule has 1 aromatic rings. The van der Waals surface area contributed by atoms with Crippen LogP contribution in [0, 0.1) is 0 Å². The molecule has 0 saturated carbocycles. The third kappa shape index (κ3) is 3.47. The molecule has 1 aromatic carbocycles. The Balaban J connectivity index is 2.02. The van der Waals surface area contributed by atoms with Crippen LogP contribution in [-0.2, 0) is 16.0 Å². The number of anilines is 2. The van der Waals surface area contributed by atoms with E-state index in [2.05, 4.69) is 0 Å². The third-order valence-corrected chi connectivity index (χ3v) is 3.41. The Morgan fingerprint density at radius 3 is 3.11 bits per heavy atom. The SMILES string of the molecule is CCOCCCC(=O)N1CCCc2ccc(N)cc21. The Labute approximate surface area is 114 Å². The van der Waals surface area contributed by atoms with Crippen LogP contribution in [0.2, 0.25) is 0 Å². The first-order chi connectivity index (χ1) is 9.22. The van der Waals surface area contributed by atoms with Crippen molar-refractivity contribution in [1.82, 2.24) is 0 Å². The molecule has 1 heterocycles. The normalized spacial score (nSPS) is 14.3. The summed E-state index contributed by atoms with van der Waals surface area (Å²) in [6.45, 7) is 4.12. The van der Waals surface area contributed by atoms with Crippen molar-refractivity contribution in [3.8, 4) is 0 Å². The molecule has 0 bridgehead atoms. The van der Waals surface area contributed by atoms with E-state index < -0.39 is 0 Å². The molecular weight excluding hydrogens is 240 g/mol. The number of amides is 1. The Hall–Kier alpha value is -1.55. The zero-order valence-electron chi connectivity index (χ0n) is 11.5. The number of carbonyl (C=O) groups excluding carboxylic acids is 1. The molecule has 2 N–H and O–H groups in total. The van der Waals surface area contributed by atoms with E-state index >= 15 is 0 Å². The molecule has 0 spiro atoms. The molecule has 0 aromatic heterocycles. The van der Waals surface area contributed by atoms with E-state index in [4.69, 9.17) is 10.5 Å². The molecular formula is C15H22N2O2. The maximum atomic E-state index is 12.3. The average Bonchev–Trinajstić information content (AvgIpc) is 2.42. The summed E-state index contributed by atoms with van der Waals surface area (Å²) in [5.41, 5.74) is 8.76. The molecule has 4 heteroatoms. The van der Waals surface area contributed by atoms with Crippen LogP contribution in [0.15, 0.2) is 18.2 Å². The molecule has 1 amide bonds. The van der Waals surface area contributed by atoms with Crippen molar-refractivity contribution in [2.75, 3.05) is 30.4 Å². The Bertz CT molecular complexity index is 446. The minimum Gasteiger partial charge on any atom is -0.399 e. The lowest BCUT2D eigenvalue weighted by atomic mass is 10.0. The number of nitrogens with two attached hydrogens (primary N) is 1. The van der Waals surface area contributed by atoms with Gasteiger partial charge in [-0.3, -0.25) is 4.79 Å². The Kier molecular flexibility index (Phi) is 4.80. The number of carbonyl (C=O) groups is 1. The Morgan fingerprint density at radius 1 is 1.47 bits per heavy atom. The number of benzene rings is 1. The summed E-state index contributed by atoms with van der Waals surface area (Å²) in [6.07, 6.45) is 3.36. The molecule has 19 heavy (non-hydrogen) atoms. The summed E-state index contributed by atoms with van der Waals surface area (Å²) in [7, 11) is 0. The van der Waals surface area contributed by atoms with E-state index in [0.29, 0.717) is 25.3 Å². The highest BCUT2D eigenvalue weighted by Crippen LogP contribution is 2.29. The fourth-order valence-corrected chi connectivity index (χ4v) is 2.46. The topological polar surface area (TPSA) is 55.6 Å². The van der Waals surface area contributed by atoms with Gasteiger partial charge in [-0.1, -0.05) is 6.07 Å². The van der Waals surface area contributed by atoms with Crippen LogP contribution >= 0.6 is 0 Å². The van der Waals surface area contributed by atoms with Gasteiger partial charge in [-0.05, 0) is 43.9 Å². The van der Waals surface area contributed by atoms with Gasteiger partial charge in [0.2, 0.25) is 5.91 Å². The zero-order chi connectivity index (χ0) is 13.7. The van der Waals surface area contributed by atoms with Gasteiger partial charge < -0.3 is 15.4 Å². The zero-order valence-corrected chi connectivity index (χ0v) is 11.5. The van der Waals surface area contributed by atoms with Crippen LogP contribution in [-0.4, -0.2) is 25.7 Å². The molecule has 0 atom stereocenters. The lowest BCUT2D eigenvalue weighted by molar-refractivity contribution is -0.119. The highest BCUT2D eigenvalue weighted by molar-refractivity contribution is 5.95. The number of nitrogen functional groups attached to an aromatic ring is 1. The number of hydrogen-bond acceptors (Lipinski definition) is 3. The van der Waals surface area contributed by atoms with Crippen molar-refractivity contribution >= 4 is 17.3 Å². The van der Waals surface area contributed by atoms with Crippen molar-refractivity contribution < 1.29 is 9.53 Å². The highest BCUT2D eigenvalue weighted by atomic mass is 16.5. The first-order valence-electron chi connectivity index (χ1n) is 6.99. The van der Waals surface area contributed by atoms with Gasteiger partial charge in [0.05, 0.1) is 0 Å². The summed E-state index contributed by atoms with van der Waals surface area (Å²) in [5, 5.41) is 0. The van der Waals surface area contributed by atoms with Crippen molar-refractivity contribution in [2.24, 2.45) is 0 Å². The van der Waals surface area contributed by atoms with Gasteiger partial charge in [-0.15, -0.1) is 0 Å². The van der Waals surface area contributed by atoms with E-state index in [1.807, 2.05) is 30.0 Å². The van der Waals surface area contributed by atoms with Crippen LogP contribution in [0.5, 0.6) is 0 Å². The summed E-state index contributed by atoms with van der Waals surface area (Å²) in [6, 6.07) is 5.85. The van der Waals surface area contributed by atoms with Gasteiger partial charge >= 0.3 is 0 Å². The monoisotopic (exact) mass is 262 g/mol. The molecule has 4 nitrogen and oxygen atoms in total. The molecule has 104 valence electrons. The average molecular weight is 262 g/mol. The van der Waals surface area contributed by atoms with Crippen LogP contribution in [0.3, 0.4) is 0 Å². The van der Waals surface area contributed by atoms with E-state index in [0.717, 1.165) is 31.5 Å². The predicted octanol–water partition coefficient (Wildman–Crippen LogP) is 2.36. The largest absolute Gasteiger partial charge is 0.399 e. The van der Waals surface area contributed by atoms with Crippen molar-refractivity contribution in [2.45, 2.75) is 32.6 Å². The van der Waals surface area contributed by atoms with Gasteiger partial charge in [0.15, 0.2) is 0 Å². The maximum absolute atomic E-state index is 12.3. The summed E-state index contributed by atoms with van der Waals surface area (Å²) < 4.78 is 5.27. The van der Waals surface area contributed by atoms with Crippen LogP contribution < -0.4 is 10.6 Å². The van der Waals surface area contributed by atoms with E-state index in [9.17, 15) is 4.79 Å². The maximum Gasteiger partial charge on any atom is 0.227 e. The third-order valence-electron chi connectivity index (χ3n) is 3.41. The number of ether oxygens (including phenoxy) is 1. The molecule has 0 fully saturated rings. The van der Waals surface area contributed by atoms with Gasteiger partial charge in [-0.25, -0.2) is 0 Å². The van der Waals surface area contributed by atoms with E-state index in [1.165, 1.54) is 5.56 Å². The second-order valence-corrected chi connectivity index (χ2v) is 4.84. The predicted molar refractivity (Wildman–Crippen MR) is 77.3 cm³/mol. The van der Waals surface area contributed by atoms with Gasteiger partial charge in [0, 0.05) is 37.6 Å². The smallest absolute Gasteiger partial charge is 0.227 e. The first-order valence-corrected chi connectivity index (χ1v) is 6.99. The summed E-state index contributed by atoms with van der Waals surface area (Å²) >= 11 is 0. The van der Waals surface area contributed by atoms with Crippen LogP contribution in [0.1, 0.15) is 31.7 Å². The fourth-order valence-electron chi connectivity index (χ4n) is 2.46. The lowest BCUT2D eigenvalue weighted by Crippen LogP contribution is -2.35. The minimum absolute atomic E-state index is 0.172. The number of hydrogen-bond donors (Lipinski definition) is 1. The molecule has 1 aliphatic heterocycles. The van der Waals surface area contributed by atoms with Crippen molar-refractivity contribution in [3.05, 3.63) is 23.8 Å². The second-order valence-electron chi connectivity index (χ2n) is 4.84. The highest BCUT2D eigenvalue weighted by Gasteiger charge is 2.22. The molecule has 1 aliphatic rings. The van der Waals surface area contributed by atoms with E-state index in [-0.39, 0.29) is 5.91 Å². The molecule has 0 unspecified atom stereocenters. The lowest BCUT2D eigenvalue weighted by Gasteiger charge is -2.30. The molecule has 0 saturated heterocycles. The minimum atomic E-state index is 0.172. The first kappa shape index (κ1) is 13.9. The molecule has 0 radical (unpaired) electrons. The molecule has 2 rings (SSSR count). The van der Waals surface area contributed by atoms with Gasteiger partial charge in [-0.2, -0.15) is 0 Å². The number of fused-ring (bicyclic) bond motifs is 1. The second kappa shape index (κ2) is 6.57. The van der Waals surface area contributed by atoms with Gasteiger partial charge in [0.1, 0.15) is 0 Å². The van der Waals surface area contributed by atoms with Crippen molar-refractivity contribution in [3.63, 3.8) is 0 Å². The van der Waals surface area contributed by atoms with Crippen molar-refractivity contribution in [1.29, 1.82) is 0 Å². The van der Waals surface area contributed by atoms with E-state index in [1.54, 1.807) is 0 Å². The van der Waals surface area contributed by atoms with Crippen LogP contribution in [0.4, 0.5) is 11.4 Å².